The number of nitrogens with zero attached hydrogens (tertiary/aromatic N) is 3. The lowest BCUT2D eigenvalue weighted by Crippen LogP contribution is -2.59. The zero-order valence-corrected chi connectivity index (χ0v) is 21.3. The Morgan fingerprint density at radius 2 is 1.88 bits per heavy atom. The summed E-state index contributed by atoms with van der Waals surface area (Å²) < 4.78 is 0.829. The van der Waals surface area contributed by atoms with Crippen molar-refractivity contribution in [2.24, 2.45) is 17.8 Å². The molecule has 8 nitrogen and oxygen atoms in total. The summed E-state index contributed by atoms with van der Waals surface area (Å²) in [6, 6.07) is 7.64. The Bertz CT molecular complexity index is 1030. The molecule has 6 rings (SSSR count). The van der Waals surface area contributed by atoms with Gasteiger partial charge in [-0.3, -0.25) is 4.79 Å². The highest BCUT2D eigenvalue weighted by Gasteiger charge is 2.54. The van der Waals surface area contributed by atoms with E-state index < -0.39 is 5.60 Å². The van der Waals surface area contributed by atoms with E-state index in [9.17, 15) is 9.90 Å². The van der Waals surface area contributed by atoms with Gasteiger partial charge in [0.1, 0.15) is 5.82 Å². The zero-order chi connectivity index (χ0) is 23.9. The summed E-state index contributed by atoms with van der Waals surface area (Å²) in [7, 11) is 3.95. The molecule has 2 aromatic rings. The lowest BCUT2D eigenvalue weighted by molar-refractivity contribution is -0.129. The number of benzene rings is 1. The predicted octanol–water partition coefficient (Wildman–Crippen LogP) is 3.63. The van der Waals surface area contributed by atoms with Crippen LogP contribution in [0, 0.1) is 17.8 Å². The van der Waals surface area contributed by atoms with Gasteiger partial charge in [-0.25, -0.2) is 4.98 Å². The molecular formula is C25H33BrN6O2. The minimum absolute atomic E-state index is 0.0832. The van der Waals surface area contributed by atoms with Crippen LogP contribution in [0.1, 0.15) is 42.5 Å². The van der Waals surface area contributed by atoms with Crippen molar-refractivity contribution >= 4 is 39.3 Å². The van der Waals surface area contributed by atoms with Crippen LogP contribution in [0.3, 0.4) is 0 Å². The lowest BCUT2D eigenvalue weighted by Gasteiger charge is -2.58. The van der Waals surface area contributed by atoms with Gasteiger partial charge < -0.3 is 26.0 Å². The molecule has 0 spiro atoms. The summed E-state index contributed by atoms with van der Waals surface area (Å²) in [4.78, 5) is 23.5. The molecule has 1 heterocycles. The number of hydrogen-bond acceptors (Lipinski definition) is 7. The van der Waals surface area contributed by atoms with Gasteiger partial charge in [0.15, 0.2) is 0 Å². The van der Waals surface area contributed by atoms with Crippen LogP contribution in [0.2, 0.25) is 0 Å². The Morgan fingerprint density at radius 1 is 1.18 bits per heavy atom. The van der Waals surface area contributed by atoms with Gasteiger partial charge in [0.2, 0.25) is 5.95 Å². The Kier molecular flexibility index (Phi) is 6.52. The Balaban J connectivity index is 1.23. The maximum absolute atomic E-state index is 12.3. The smallest absolute Gasteiger partial charge is 0.251 e. The molecule has 4 N–H and O–H groups in total. The van der Waals surface area contributed by atoms with Gasteiger partial charge in [-0.05, 0) is 104 Å². The van der Waals surface area contributed by atoms with Gasteiger partial charge in [-0.1, -0.05) is 0 Å². The first kappa shape index (κ1) is 23.5. The summed E-state index contributed by atoms with van der Waals surface area (Å²) >= 11 is 3.60. The van der Waals surface area contributed by atoms with Crippen LogP contribution < -0.4 is 16.0 Å². The summed E-state index contributed by atoms with van der Waals surface area (Å²) in [5, 5.41) is 20.7. The Hall–Kier alpha value is -2.23. The number of likely N-dealkylation sites (N-methyl/N-ethyl adjacent to an activating group) is 1. The highest BCUT2D eigenvalue weighted by Crippen LogP contribution is 2.56. The fraction of sp³-hybridized carbons (Fsp3) is 0.560. The molecule has 9 heteroatoms. The number of rotatable bonds is 8. The van der Waals surface area contributed by atoms with Crippen LogP contribution >= 0.6 is 15.9 Å². The highest BCUT2D eigenvalue weighted by molar-refractivity contribution is 9.10. The van der Waals surface area contributed by atoms with Crippen molar-refractivity contribution in [2.75, 3.05) is 37.8 Å². The molecule has 34 heavy (non-hydrogen) atoms. The van der Waals surface area contributed by atoms with Crippen molar-refractivity contribution in [1.29, 1.82) is 0 Å². The molecule has 0 aliphatic heterocycles. The molecule has 4 aliphatic carbocycles. The van der Waals surface area contributed by atoms with E-state index >= 15 is 0 Å². The third kappa shape index (κ3) is 5.06. The molecule has 0 radical (unpaired) electrons. The second-order valence-electron chi connectivity index (χ2n) is 10.5. The van der Waals surface area contributed by atoms with E-state index in [1.54, 1.807) is 18.3 Å². The first-order valence-electron chi connectivity index (χ1n) is 12.1. The van der Waals surface area contributed by atoms with Crippen molar-refractivity contribution in [3.8, 4) is 0 Å². The minimum Gasteiger partial charge on any atom is -0.390 e. The van der Waals surface area contributed by atoms with E-state index in [0.29, 0.717) is 41.9 Å². The molecule has 0 saturated heterocycles. The average molecular weight is 529 g/mol. The second-order valence-corrected chi connectivity index (χ2v) is 11.4. The van der Waals surface area contributed by atoms with E-state index in [4.69, 9.17) is 4.98 Å². The van der Waals surface area contributed by atoms with Crippen molar-refractivity contribution in [1.82, 2.24) is 20.2 Å². The van der Waals surface area contributed by atoms with Crippen LogP contribution in [0.25, 0.3) is 0 Å². The zero-order valence-electron chi connectivity index (χ0n) is 19.7. The van der Waals surface area contributed by atoms with Gasteiger partial charge in [-0.15, -0.1) is 0 Å². The molecule has 4 bridgehead atoms. The molecule has 2 unspecified atom stereocenters. The number of hydrogen-bond donors (Lipinski definition) is 4. The first-order chi connectivity index (χ1) is 16.3. The quantitative estimate of drug-likeness (QED) is 0.414. The summed E-state index contributed by atoms with van der Waals surface area (Å²) in [5.41, 5.74) is 0.988. The minimum atomic E-state index is -0.445. The maximum Gasteiger partial charge on any atom is 0.251 e. The lowest BCUT2D eigenvalue weighted by atomic mass is 9.52. The Morgan fingerprint density at radius 3 is 2.53 bits per heavy atom. The van der Waals surface area contributed by atoms with Crippen molar-refractivity contribution in [3.63, 3.8) is 0 Å². The molecule has 1 aromatic carbocycles. The van der Waals surface area contributed by atoms with Crippen molar-refractivity contribution < 1.29 is 9.90 Å². The van der Waals surface area contributed by atoms with Crippen LogP contribution in [-0.4, -0.2) is 64.7 Å². The van der Waals surface area contributed by atoms with Crippen LogP contribution in [-0.2, 0) is 0 Å². The second kappa shape index (κ2) is 9.43. The number of carbonyl (C=O) groups is 1. The average Bonchev–Trinajstić information content (AvgIpc) is 2.77. The summed E-state index contributed by atoms with van der Waals surface area (Å²) in [6.07, 6.45) is 6.90. The third-order valence-electron chi connectivity index (χ3n) is 7.54. The number of aromatic nitrogens is 2. The van der Waals surface area contributed by atoms with Crippen LogP contribution in [0.5, 0.6) is 0 Å². The molecule has 2 atom stereocenters. The van der Waals surface area contributed by atoms with Gasteiger partial charge >= 0.3 is 0 Å². The van der Waals surface area contributed by atoms with E-state index in [-0.39, 0.29) is 5.91 Å². The first-order valence-corrected chi connectivity index (χ1v) is 12.9. The predicted molar refractivity (Wildman–Crippen MR) is 136 cm³/mol. The van der Waals surface area contributed by atoms with E-state index in [0.717, 1.165) is 41.8 Å². The van der Waals surface area contributed by atoms with Gasteiger partial charge in [0.25, 0.3) is 5.91 Å². The standard InChI is InChI=1S/C25H33BrN6O2/c1-32(2)8-7-27-23(33)16-3-5-19(6-4-16)29-24-28-14-20(26)22(31-24)30-21-17-9-15-10-18(21)13-25(34,11-15)12-17/h3-6,14-15,17-18,21,34H,7-13H2,1-2H3,(H,27,33)(H2,28,29,30,31). The van der Waals surface area contributed by atoms with Crippen LogP contribution in [0.4, 0.5) is 17.5 Å². The van der Waals surface area contributed by atoms with E-state index in [2.05, 4.69) is 36.9 Å². The molecule has 1 amide bonds. The molecule has 1 aromatic heterocycles. The number of carbonyl (C=O) groups excluding carboxylic acids is 1. The number of anilines is 3. The van der Waals surface area contributed by atoms with E-state index in [1.165, 1.54) is 12.8 Å². The molecule has 4 aliphatic rings. The third-order valence-corrected chi connectivity index (χ3v) is 8.12. The fourth-order valence-electron chi connectivity index (χ4n) is 6.23. The van der Waals surface area contributed by atoms with Crippen LogP contribution in [0.15, 0.2) is 34.9 Å². The van der Waals surface area contributed by atoms with Gasteiger partial charge in [-0.2, -0.15) is 4.98 Å². The number of nitrogens with one attached hydrogen (secondary N) is 3. The molecular weight excluding hydrogens is 496 g/mol. The number of aliphatic hydroxyl groups is 1. The monoisotopic (exact) mass is 528 g/mol. The van der Waals surface area contributed by atoms with Gasteiger partial charge in [0, 0.05) is 36.6 Å². The summed E-state index contributed by atoms with van der Waals surface area (Å²) in [6.45, 7) is 1.41. The Labute approximate surface area is 209 Å². The van der Waals surface area contributed by atoms with Gasteiger partial charge in [0.05, 0.1) is 10.1 Å². The number of halogens is 1. The topological polar surface area (TPSA) is 102 Å². The summed E-state index contributed by atoms with van der Waals surface area (Å²) in [5.74, 6) is 2.84. The maximum atomic E-state index is 12.3. The molecule has 4 saturated carbocycles. The van der Waals surface area contributed by atoms with Crippen molar-refractivity contribution in [2.45, 2.75) is 43.7 Å². The van der Waals surface area contributed by atoms with Crippen molar-refractivity contribution in [3.05, 3.63) is 40.5 Å². The normalized spacial score (nSPS) is 29.3. The SMILES string of the molecule is CN(C)CCNC(=O)c1ccc(Nc2ncc(Br)c(NC3C4CC5CC3CC(O)(C5)C4)n2)cc1. The largest absolute Gasteiger partial charge is 0.390 e. The highest BCUT2D eigenvalue weighted by atomic mass is 79.9. The number of amides is 1. The molecule has 4 fully saturated rings. The fourth-order valence-corrected chi connectivity index (χ4v) is 6.54. The van der Waals surface area contributed by atoms with E-state index in [1.807, 2.05) is 31.1 Å². The molecule has 182 valence electrons.